The molecule has 0 spiro atoms. The van der Waals surface area contributed by atoms with Crippen LogP contribution >= 0.6 is 0 Å². The maximum Gasteiger partial charge on any atom is 0.241 e. The molecule has 0 saturated carbocycles. The Labute approximate surface area is 131 Å². The van der Waals surface area contributed by atoms with Crippen molar-refractivity contribution in [3.05, 3.63) is 59.2 Å². The van der Waals surface area contributed by atoms with E-state index >= 15 is 0 Å². The van der Waals surface area contributed by atoms with Crippen molar-refractivity contribution in [1.29, 1.82) is 0 Å². The molecule has 4 nitrogen and oxygen atoms in total. The van der Waals surface area contributed by atoms with Crippen LogP contribution in [0.4, 0.5) is 0 Å². The lowest BCUT2D eigenvalue weighted by Crippen LogP contribution is -2.32. The molecule has 0 saturated heterocycles. The van der Waals surface area contributed by atoms with Gasteiger partial charge in [-0.15, -0.1) is 0 Å². The van der Waals surface area contributed by atoms with E-state index in [9.17, 15) is 8.42 Å². The van der Waals surface area contributed by atoms with Gasteiger partial charge in [0.1, 0.15) is 5.75 Å². The standard InChI is InChI=1S/C17H19NO3S/c1-12-7-8-13(2)17(11-12)22(19,20)18-15-9-10-21-16-6-4-3-5-14(15)16/h3-8,11,15,18H,9-10H2,1-2H3. The number of aryl methyl sites for hydroxylation is 2. The number of para-hydroxylation sites is 1. The average molecular weight is 317 g/mol. The summed E-state index contributed by atoms with van der Waals surface area (Å²) in [5, 5.41) is 0. The summed E-state index contributed by atoms with van der Waals surface area (Å²) in [5.41, 5.74) is 2.57. The van der Waals surface area contributed by atoms with Gasteiger partial charge in [-0.05, 0) is 37.1 Å². The molecule has 1 atom stereocenters. The fourth-order valence-corrected chi connectivity index (χ4v) is 4.29. The summed E-state index contributed by atoms with van der Waals surface area (Å²) in [6.07, 6.45) is 0.626. The number of benzene rings is 2. The zero-order valence-corrected chi connectivity index (χ0v) is 13.5. The molecule has 1 unspecified atom stereocenters. The summed E-state index contributed by atoms with van der Waals surface area (Å²) in [6, 6.07) is 12.8. The third-order valence-electron chi connectivity index (χ3n) is 3.89. The summed E-state index contributed by atoms with van der Waals surface area (Å²) >= 11 is 0. The molecule has 2 aromatic carbocycles. The largest absolute Gasteiger partial charge is 0.493 e. The fraction of sp³-hybridized carbons (Fsp3) is 0.294. The Hall–Kier alpha value is -1.85. The van der Waals surface area contributed by atoms with E-state index in [2.05, 4.69) is 4.72 Å². The minimum absolute atomic E-state index is 0.255. The van der Waals surface area contributed by atoms with E-state index < -0.39 is 10.0 Å². The Morgan fingerprint density at radius 3 is 2.73 bits per heavy atom. The first-order valence-corrected chi connectivity index (χ1v) is 8.77. The number of hydrogen-bond donors (Lipinski definition) is 1. The molecule has 1 N–H and O–H groups in total. The molecule has 116 valence electrons. The lowest BCUT2D eigenvalue weighted by molar-refractivity contribution is 0.263. The van der Waals surface area contributed by atoms with Crippen LogP contribution in [0.25, 0.3) is 0 Å². The molecule has 1 heterocycles. The fourth-order valence-electron chi connectivity index (χ4n) is 2.71. The first-order chi connectivity index (χ1) is 10.5. The molecular formula is C17H19NO3S. The highest BCUT2D eigenvalue weighted by molar-refractivity contribution is 7.89. The van der Waals surface area contributed by atoms with Crippen LogP contribution in [-0.4, -0.2) is 15.0 Å². The van der Waals surface area contributed by atoms with Gasteiger partial charge in [-0.1, -0.05) is 30.3 Å². The second-order valence-electron chi connectivity index (χ2n) is 5.62. The maximum atomic E-state index is 12.7. The van der Waals surface area contributed by atoms with Crippen molar-refractivity contribution in [1.82, 2.24) is 4.72 Å². The van der Waals surface area contributed by atoms with Gasteiger partial charge in [0.2, 0.25) is 10.0 Å². The summed E-state index contributed by atoms with van der Waals surface area (Å²) < 4.78 is 33.9. The lowest BCUT2D eigenvalue weighted by Gasteiger charge is -2.26. The van der Waals surface area contributed by atoms with Crippen molar-refractivity contribution < 1.29 is 13.2 Å². The van der Waals surface area contributed by atoms with Gasteiger partial charge in [0.25, 0.3) is 0 Å². The number of fused-ring (bicyclic) bond motifs is 1. The lowest BCUT2D eigenvalue weighted by atomic mass is 10.0. The van der Waals surface area contributed by atoms with Gasteiger partial charge in [-0.2, -0.15) is 0 Å². The third kappa shape index (κ3) is 2.87. The predicted octanol–water partition coefficient (Wildman–Crippen LogP) is 3.11. The molecule has 0 bridgehead atoms. The van der Waals surface area contributed by atoms with Gasteiger partial charge in [0.15, 0.2) is 0 Å². The van der Waals surface area contributed by atoms with Crippen molar-refractivity contribution in [3.63, 3.8) is 0 Å². The number of sulfonamides is 1. The van der Waals surface area contributed by atoms with Crippen molar-refractivity contribution in [3.8, 4) is 5.75 Å². The minimum atomic E-state index is -3.56. The predicted molar refractivity (Wildman–Crippen MR) is 85.5 cm³/mol. The van der Waals surface area contributed by atoms with E-state index in [0.717, 1.165) is 22.4 Å². The molecule has 1 aliphatic rings. The van der Waals surface area contributed by atoms with E-state index in [1.54, 1.807) is 6.07 Å². The third-order valence-corrected chi connectivity index (χ3v) is 5.50. The molecule has 0 aromatic heterocycles. The molecule has 0 amide bonds. The maximum absolute atomic E-state index is 12.7. The van der Waals surface area contributed by atoms with Crippen LogP contribution in [0.3, 0.4) is 0 Å². The van der Waals surface area contributed by atoms with Crippen LogP contribution < -0.4 is 9.46 Å². The summed E-state index contributed by atoms with van der Waals surface area (Å²) in [6.45, 7) is 4.21. The topological polar surface area (TPSA) is 55.4 Å². The molecule has 5 heteroatoms. The zero-order valence-electron chi connectivity index (χ0n) is 12.7. The van der Waals surface area contributed by atoms with E-state index in [4.69, 9.17) is 4.74 Å². The molecular weight excluding hydrogens is 298 g/mol. The summed E-state index contributed by atoms with van der Waals surface area (Å²) in [7, 11) is -3.56. The highest BCUT2D eigenvalue weighted by Gasteiger charge is 2.27. The molecule has 3 rings (SSSR count). The first-order valence-electron chi connectivity index (χ1n) is 7.29. The SMILES string of the molecule is Cc1ccc(C)c(S(=O)(=O)NC2CCOc3ccccc32)c1. The number of rotatable bonds is 3. The Bertz CT molecular complexity index is 799. The van der Waals surface area contributed by atoms with Gasteiger partial charge < -0.3 is 4.74 Å². The van der Waals surface area contributed by atoms with Gasteiger partial charge in [0.05, 0.1) is 17.5 Å². The molecule has 2 aromatic rings. The number of hydrogen-bond acceptors (Lipinski definition) is 3. The zero-order chi connectivity index (χ0) is 15.7. The summed E-state index contributed by atoms with van der Waals surface area (Å²) in [5.74, 6) is 0.752. The Balaban J connectivity index is 1.95. The molecule has 0 aliphatic carbocycles. The average Bonchev–Trinajstić information content (AvgIpc) is 2.50. The molecule has 0 fully saturated rings. The highest BCUT2D eigenvalue weighted by Crippen LogP contribution is 2.33. The number of ether oxygens (including phenoxy) is 1. The van der Waals surface area contributed by atoms with Gasteiger partial charge in [0, 0.05) is 12.0 Å². The first kappa shape index (κ1) is 15.1. The monoisotopic (exact) mass is 317 g/mol. The van der Waals surface area contributed by atoms with Gasteiger partial charge in [-0.3, -0.25) is 0 Å². The Kier molecular flexibility index (Phi) is 3.93. The van der Waals surface area contributed by atoms with Crippen molar-refractivity contribution in [2.24, 2.45) is 0 Å². The van der Waals surface area contributed by atoms with E-state index in [1.165, 1.54) is 0 Å². The van der Waals surface area contributed by atoms with Crippen LogP contribution in [-0.2, 0) is 10.0 Å². The second-order valence-corrected chi connectivity index (χ2v) is 7.30. The van der Waals surface area contributed by atoms with Crippen LogP contribution in [0.2, 0.25) is 0 Å². The van der Waals surface area contributed by atoms with E-state index in [-0.39, 0.29) is 6.04 Å². The van der Waals surface area contributed by atoms with Crippen molar-refractivity contribution in [2.75, 3.05) is 6.61 Å². The van der Waals surface area contributed by atoms with Gasteiger partial charge >= 0.3 is 0 Å². The second kappa shape index (κ2) is 5.74. The molecule has 22 heavy (non-hydrogen) atoms. The van der Waals surface area contributed by atoms with Crippen molar-refractivity contribution >= 4 is 10.0 Å². The molecule has 1 aliphatic heterocycles. The Morgan fingerprint density at radius 1 is 1.14 bits per heavy atom. The molecule has 0 radical (unpaired) electrons. The van der Waals surface area contributed by atoms with Crippen LogP contribution in [0.5, 0.6) is 5.75 Å². The van der Waals surface area contributed by atoms with Crippen LogP contribution in [0.15, 0.2) is 47.4 Å². The van der Waals surface area contributed by atoms with Crippen LogP contribution in [0.1, 0.15) is 29.2 Å². The number of nitrogens with one attached hydrogen (secondary N) is 1. The smallest absolute Gasteiger partial charge is 0.241 e. The van der Waals surface area contributed by atoms with Crippen LogP contribution in [0, 0.1) is 13.8 Å². The normalized spacial score (nSPS) is 17.6. The van der Waals surface area contributed by atoms with Gasteiger partial charge in [-0.25, -0.2) is 13.1 Å². The minimum Gasteiger partial charge on any atom is -0.493 e. The van der Waals surface area contributed by atoms with Crippen molar-refractivity contribution in [2.45, 2.75) is 31.2 Å². The quantitative estimate of drug-likeness (QED) is 0.946. The van der Waals surface area contributed by atoms with E-state index in [1.807, 2.05) is 50.2 Å². The highest BCUT2D eigenvalue weighted by atomic mass is 32.2. The Morgan fingerprint density at radius 2 is 1.91 bits per heavy atom. The van der Waals surface area contributed by atoms with E-state index in [0.29, 0.717) is 17.9 Å². The summed E-state index contributed by atoms with van der Waals surface area (Å²) in [4.78, 5) is 0.344.